The van der Waals surface area contributed by atoms with Gasteiger partial charge < -0.3 is 9.84 Å². The number of halogens is 1. The zero-order chi connectivity index (χ0) is 20.8. The van der Waals surface area contributed by atoms with Gasteiger partial charge in [0, 0.05) is 38.3 Å². The molecule has 5 heteroatoms. The summed E-state index contributed by atoms with van der Waals surface area (Å²) in [5.74, 6) is 0.861. The SMILES string of the molecule is Oc1cccc(CN(CC2CCN(Cc3ccccc3F)CC2)C[C@@H]2CCCO2)c1. The standard InChI is InChI=1S/C25H33FN2O2/c26-25-9-2-1-6-22(25)18-27-12-10-20(11-13-27)16-28(19-24-8-4-14-30-24)17-21-5-3-7-23(29)15-21/h1-3,5-7,9,15,20,24,29H,4,8,10-14,16-19H2/t24-/m0/s1. The van der Waals surface area contributed by atoms with Gasteiger partial charge >= 0.3 is 0 Å². The Bertz CT molecular complexity index is 801. The first-order valence-electron chi connectivity index (χ1n) is 11.2. The van der Waals surface area contributed by atoms with Crippen molar-refractivity contribution in [3.8, 4) is 5.75 Å². The highest BCUT2D eigenvalue weighted by Gasteiger charge is 2.25. The fraction of sp³-hybridized carbons (Fsp3) is 0.520. The van der Waals surface area contributed by atoms with Crippen molar-refractivity contribution in [2.75, 3.05) is 32.8 Å². The van der Waals surface area contributed by atoms with Gasteiger partial charge in [-0.1, -0.05) is 30.3 Å². The second-order valence-electron chi connectivity index (χ2n) is 8.81. The molecule has 2 aromatic rings. The maximum Gasteiger partial charge on any atom is 0.127 e. The lowest BCUT2D eigenvalue weighted by atomic mass is 9.95. The first-order chi connectivity index (χ1) is 14.7. The molecule has 0 radical (unpaired) electrons. The summed E-state index contributed by atoms with van der Waals surface area (Å²) in [4.78, 5) is 4.87. The number of hydrogen-bond acceptors (Lipinski definition) is 4. The Morgan fingerprint density at radius 2 is 1.87 bits per heavy atom. The zero-order valence-electron chi connectivity index (χ0n) is 17.7. The van der Waals surface area contributed by atoms with Crippen LogP contribution in [0.2, 0.25) is 0 Å². The molecular formula is C25H33FN2O2. The molecule has 4 nitrogen and oxygen atoms in total. The Kier molecular flexibility index (Phi) is 7.37. The lowest BCUT2D eigenvalue weighted by Gasteiger charge is -2.35. The highest BCUT2D eigenvalue weighted by molar-refractivity contribution is 5.27. The van der Waals surface area contributed by atoms with E-state index in [1.807, 2.05) is 24.3 Å². The van der Waals surface area contributed by atoms with Gasteiger partial charge in [-0.2, -0.15) is 0 Å². The minimum absolute atomic E-state index is 0.103. The second-order valence-corrected chi connectivity index (χ2v) is 8.81. The van der Waals surface area contributed by atoms with Crippen LogP contribution in [0.15, 0.2) is 48.5 Å². The van der Waals surface area contributed by atoms with Crippen molar-refractivity contribution >= 4 is 0 Å². The van der Waals surface area contributed by atoms with Crippen LogP contribution in [0.4, 0.5) is 4.39 Å². The quantitative estimate of drug-likeness (QED) is 0.696. The van der Waals surface area contributed by atoms with Crippen LogP contribution < -0.4 is 0 Å². The van der Waals surface area contributed by atoms with E-state index in [9.17, 15) is 9.50 Å². The fourth-order valence-electron chi connectivity index (χ4n) is 4.75. The van der Waals surface area contributed by atoms with Crippen molar-refractivity contribution in [3.05, 3.63) is 65.5 Å². The van der Waals surface area contributed by atoms with Crippen LogP contribution in [-0.4, -0.2) is 53.8 Å². The van der Waals surface area contributed by atoms with E-state index in [-0.39, 0.29) is 5.82 Å². The number of phenolic OH excluding ortho intramolecular Hbond substituents is 1. The first kappa shape index (κ1) is 21.3. The Morgan fingerprint density at radius 3 is 2.60 bits per heavy atom. The normalized spacial score (nSPS) is 20.8. The molecular weight excluding hydrogens is 379 g/mol. The largest absolute Gasteiger partial charge is 0.508 e. The van der Waals surface area contributed by atoms with E-state index in [1.165, 1.54) is 0 Å². The van der Waals surface area contributed by atoms with Crippen LogP contribution in [0.25, 0.3) is 0 Å². The van der Waals surface area contributed by atoms with E-state index < -0.39 is 0 Å². The van der Waals surface area contributed by atoms with E-state index in [0.717, 1.165) is 76.1 Å². The van der Waals surface area contributed by atoms with Crippen LogP contribution in [-0.2, 0) is 17.8 Å². The molecule has 162 valence electrons. The Hall–Kier alpha value is -1.95. The summed E-state index contributed by atoms with van der Waals surface area (Å²) in [6.45, 7) is 6.43. The van der Waals surface area contributed by atoms with Gasteiger partial charge in [0.05, 0.1) is 6.10 Å². The average molecular weight is 413 g/mol. The smallest absolute Gasteiger partial charge is 0.127 e. The summed E-state index contributed by atoms with van der Waals surface area (Å²) in [6, 6.07) is 14.7. The summed E-state index contributed by atoms with van der Waals surface area (Å²) in [5, 5.41) is 9.83. The second kappa shape index (κ2) is 10.4. The van der Waals surface area contributed by atoms with Gasteiger partial charge in [0.1, 0.15) is 11.6 Å². The monoisotopic (exact) mass is 412 g/mol. The van der Waals surface area contributed by atoms with Crippen molar-refractivity contribution in [1.29, 1.82) is 0 Å². The van der Waals surface area contributed by atoms with Gasteiger partial charge in [-0.25, -0.2) is 4.39 Å². The van der Waals surface area contributed by atoms with Crippen LogP contribution in [0.5, 0.6) is 5.75 Å². The molecule has 0 bridgehead atoms. The molecule has 2 aliphatic rings. The molecule has 2 saturated heterocycles. The molecule has 30 heavy (non-hydrogen) atoms. The van der Waals surface area contributed by atoms with E-state index in [4.69, 9.17) is 4.74 Å². The third-order valence-electron chi connectivity index (χ3n) is 6.38. The van der Waals surface area contributed by atoms with Crippen molar-refractivity contribution in [2.24, 2.45) is 5.92 Å². The predicted octanol–water partition coefficient (Wildman–Crippen LogP) is 4.42. The van der Waals surface area contributed by atoms with Crippen molar-refractivity contribution in [3.63, 3.8) is 0 Å². The predicted molar refractivity (Wildman–Crippen MR) is 117 cm³/mol. The molecule has 0 aromatic heterocycles. The van der Waals surface area contributed by atoms with Crippen LogP contribution in [0, 0.1) is 11.7 Å². The van der Waals surface area contributed by atoms with Gasteiger partial charge in [0.2, 0.25) is 0 Å². The van der Waals surface area contributed by atoms with Crippen molar-refractivity contribution in [1.82, 2.24) is 9.80 Å². The lowest BCUT2D eigenvalue weighted by Crippen LogP contribution is -2.40. The molecule has 1 atom stereocenters. The summed E-state index contributed by atoms with van der Waals surface area (Å²) in [5.41, 5.74) is 1.94. The molecule has 2 heterocycles. The number of ether oxygens (including phenoxy) is 1. The van der Waals surface area contributed by atoms with Gasteiger partial charge in [-0.3, -0.25) is 9.80 Å². The molecule has 0 spiro atoms. The average Bonchev–Trinajstić information content (AvgIpc) is 3.24. The van der Waals surface area contributed by atoms with Crippen molar-refractivity contribution in [2.45, 2.75) is 44.9 Å². The highest BCUT2D eigenvalue weighted by atomic mass is 19.1. The molecule has 1 N–H and O–H groups in total. The Morgan fingerprint density at radius 1 is 1.03 bits per heavy atom. The number of nitrogens with zero attached hydrogens (tertiary/aromatic N) is 2. The summed E-state index contributed by atoms with van der Waals surface area (Å²) in [6.07, 6.45) is 4.88. The third kappa shape index (κ3) is 6.03. The van der Waals surface area contributed by atoms with E-state index in [2.05, 4.69) is 15.9 Å². The molecule has 0 amide bonds. The highest BCUT2D eigenvalue weighted by Crippen LogP contribution is 2.24. The number of phenols is 1. The van der Waals surface area contributed by atoms with Crippen LogP contribution in [0.3, 0.4) is 0 Å². The third-order valence-corrected chi connectivity index (χ3v) is 6.38. The number of benzene rings is 2. The van der Waals surface area contributed by atoms with Gasteiger partial charge in [0.25, 0.3) is 0 Å². The number of hydrogen-bond donors (Lipinski definition) is 1. The minimum Gasteiger partial charge on any atom is -0.508 e. The maximum atomic E-state index is 14.0. The van der Waals surface area contributed by atoms with Gasteiger partial charge in [-0.15, -0.1) is 0 Å². The first-order valence-corrected chi connectivity index (χ1v) is 11.2. The summed E-state index contributed by atoms with van der Waals surface area (Å²) in [7, 11) is 0. The zero-order valence-corrected chi connectivity index (χ0v) is 17.7. The van der Waals surface area contributed by atoms with Gasteiger partial charge in [-0.05, 0) is 68.5 Å². The molecule has 0 unspecified atom stereocenters. The number of likely N-dealkylation sites (tertiary alicyclic amines) is 1. The van der Waals surface area contributed by atoms with Crippen LogP contribution in [0.1, 0.15) is 36.8 Å². The molecule has 4 rings (SSSR count). The number of aromatic hydroxyl groups is 1. The topological polar surface area (TPSA) is 35.9 Å². The maximum absolute atomic E-state index is 14.0. The number of piperidine rings is 1. The van der Waals surface area contributed by atoms with Crippen LogP contribution >= 0.6 is 0 Å². The number of rotatable bonds is 8. The summed E-state index contributed by atoms with van der Waals surface area (Å²) >= 11 is 0. The van der Waals surface area contributed by atoms with E-state index >= 15 is 0 Å². The molecule has 0 aliphatic carbocycles. The van der Waals surface area contributed by atoms with E-state index in [0.29, 0.717) is 24.3 Å². The van der Waals surface area contributed by atoms with Gasteiger partial charge in [0.15, 0.2) is 0 Å². The molecule has 2 aliphatic heterocycles. The Balaban J connectivity index is 1.31. The molecule has 2 aromatic carbocycles. The fourth-order valence-corrected chi connectivity index (χ4v) is 4.75. The lowest BCUT2D eigenvalue weighted by molar-refractivity contribution is 0.0569. The van der Waals surface area contributed by atoms with Crippen molar-refractivity contribution < 1.29 is 14.2 Å². The summed E-state index contributed by atoms with van der Waals surface area (Å²) < 4.78 is 19.9. The minimum atomic E-state index is -0.103. The van der Waals surface area contributed by atoms with E-state index in [1.54, 1.807) is 18.2 Å². The molecule has 2 fully saturated rings. The Labute approximate surface area is 179 Å². The molecule has 0 saturated carbocycles.